The summed E-state index contributed by atoms with van der Waals surface area (Å²) in [5.41, 5.74) is 2.36. The van der Waals surface area contributed by atoms with Crippen LogP contribution in [-0.4, -0.2) is 26.0 Å². The molecule has 0 radical (unpaired) electrons. The number of aryl methyl sites for hydroxylation is 1. The highest BCUT2D eigenvalue weighted by Gasteiger charge is 2.15. The summed E-state index contributed by atoms with van der Waals surface area (Å²) in [5, 5.41) is 4.15. The van der Waals surface area contributed by atoms with E-state index in [0.717, 1.165) is 23.7 Å². The Hall–Kier alpha value is -0.770. The number of hydrogen-bond acceptors (Lipinski definition) is 3. The van der Waals surface area contributed by atoms with Crippen molar-refractivity contribution in [3.05, 3.63) is 28.8 Å². The van der Waals surface area contributed by atoms with Crippen LogP contribution in [0.25, 0.3) is 0 Å². The van der Waals surface area contributed by atoms with Gasteiger partial charge in [-0.05, 0) is 30.2 Å². The van der Waals surface area contributed by atoms with Crippen molar-refractivity contribution in [2.24, 2.45) is 0 Å². The van der Waals surface area contributed by atoms with Gasteiger partial charge in [-0.15, -0.1) is 0 Å². The average molecular weight is 242 g/mol. The van der Waals surface area contributed by atoms with Crippen LogP contribution in [0.5, 0.6) is 0 Å². The smallest absolute Gasteiger partial charge is 0.147 e. The summed E-state index contributed by atoms with van der Waals surface area (Å²) in [6, 6.07) is 5.90. The highest BCUT2D eigenvalue weighted by molar-refractivity contribution is 6.30. The summed E-state index contributed by atoms with van der Waals surface area (Å²) in [6.45, 7) is 3.97. The molecule has 0 amide bonds. The molecule has 1 aromatic carbocycles. The lowest BCUT2D eigenvalue weighted by Crippen LogP contribution is -2.21. The standard InChI is InChI=1S/C12H16ClNO2/c1-2-9-5-10(13)3-4-12(9)14-6-11-7-15-8-16-11/h3-5,11,14H,2,6-8H2,1H3. The summed E-state index contributed by atoms with van der Waals surface area (Å²) in [6.07, 6.45) is 1.12. The van der Waals surface area contributed by atoms with E-state index < -0.39 is 0 Å². The van der Waals surface area contributed by atoms with Gasteiger partial charge in [0.1, 0.15) is 12.9 Å². The number of benzene rings is 1. The van der Waals surface area contributed by atoms with Gasteiger partial charge in [0.15, 0.2) is 0 Å². The first kappa shape index (κ1) is 11.7. The third kappa shape index (κ3) is 2.88. The van der Waals surface area contributed by atoms with Gasteiger partial charge in [0, 0.05) is 17.3 Å². The van der Waals surface area contributed by atoms with Crippen LogP contribution in [0.15, 0.2) is 18.2 Å². The second kappa shape index (κ2) is 5.53. The number of halogens is 1. The van der Waals surface area contributed by atoms with E-state index in [1.807, 2.05) is 18.2 Å². The van der Waals surface area contributed by atoms with E-state index in [-0.39, 0.29) is 6.10 Å². The predicted octanol–water partition coefficient (Wildman–Crippen LogP) is 2.69. The highest BCUT2D eigenvalue weighted by Crippen LogP contribution is 2.21. The largest absolute Gasteiger partial charge is 0.382 e. The number of rotatable bonds is 4. The molecule has 1 fully saturated rings. The molecule has 0 aliphatic carbocycles. The molecule has 3 nitrogen and oxygen atoms in total. The molecule has 2 rings (SSSR count). The van der Waals surface area contributed by atoms with Crippen molar-refractivity contribution in [2.75, 3.05) is 25.3 Å². The van der Waals surface area contributed by atoms with E-state index in [4.69, 9.17) is 21.1 Å². The molecule has 4 heteroatoms. The monoisotopic (exact) mass is 241 g/mol. The molecule has 1 aromatic rings. The normalized spacial score (nSPS) is 20.0. The maximum Gasteiger partial charge on any atom is 0.147 e. The minimum Gasteiger partial charge on any atom is -0.382 e. The lowest BCUT2D eigenvalue weighted by atomic mass is 10.1. The lowest BCUT2D eigenvalue weighted by molar-refractivity contribution is 0.0500. The van der Waals surface area contributed by atoms with Crippen molar-refractivity contribution in [3.8, 4) is 0 Å². The van der Waals surface area contributed by atoms with Gasteiger partial charge in [0.25, 0.3) is 0 Å². The van der Waals surface area contributed by atoms with E-state index in [9.17, 15) is 0 Å². The first-order valence-electron chi connectivity index (χ1n) is 5.51. The molecule has 1 aliphatic rings. The Kier molecular flexibility index (Phi) is 4.04. The molecular weight excluding hydrogens is 226 g/mol. The molecule has 88 valence electrons. The van der Waals surface area contributed by atoms with Gasteiger partial charge in [-0.1, -0.05) is 18.5 Å². The maximum absolute atomic E-state index is 5.95. The first-order chi connectivity index (χ1) is 7.79. The SMILES string of the molecule is CCc1cc(Cl)ccc1NCC1COCO1. The quantitative estimate of drug-likeness (QED) is 0.879. The fourth-order valence-electron chi connectivity index (χ4n) is 1.74. The number of hydrogen-bond donors (Lipinski definition) is 1. The molecular formula is C12H16ClNO2. The molecule has 1 heterocycles. The second-order valence-electron chi connectivity index (χ2n) is 3.81. The minimum atomic E-state index is 0.153. The van der Waals surface area contributed by atoms with Crippen LogP contribution in [-0.2, 0) is 15.9 Å². The van der Waals surface area contributed by atoms with Crippen molar-refractivity contribution >= 4 is 17.3 Å². The van der Waals surface area contributed by atoms with Gasteiger partial charge < -0.3 is 14.8 Å². The van der Waals surface area contributed by atoms with Gasteiger partial charge in [0.05, 0.1) is 6.61 Å². The predicted molar refractivity (Wildman–Crippen MR) is 65.0 cm³/mol. The van der Waals surface area contributed by atoms with E-state index in [1.54, 1.807) is 0 Å². The minimum absolute atomic E-state index is 0.153. The molecule has 1 saturated heterocycles. The van der Waals surface area contributed by atoms with Crippen LogP contribution in [0.2, 0.25) is 5.02 Å². The van der Waals surface area contributed by atoms with Crippen molar-refractivity contribution in [1.82, 2.24) is 0 Å². The molecule has 1 aliphatic heterocycles. The third-order valence-corrected chi connectivity index (χ3v) is 2.89. The Morgan fingerprint density at radius 3 is 3.06 bits per heavy atom. The van der Waals surface area contributed by atoms with E-state index in [2.05, 4.69) is 12.2 Å². The maximum atomic E-state index is 5.95. The molecule has 1 unspecified atom stereocenters. The van der Waals surface area contributed by atoms with Crippen molar-refractivity contribution in [3.63, 3.8) is 0 Å². The van der Waals surface area contributed by atoms with Gasteiger partial charge in [-0.25, -0.2) is 0 Å². The number of nitrogens with one attached hydrogen (secondary N) is 1. The van der Waals surface area contributed by atoms with Crippen molar-refractivity contribution in [2.45, 2.75) is 19.4 Å². The Morgan fingerprint density at radius 2 is 2.38 bits per heavy atom. The zero-order valence-electron chi connectivity index (χ0n) is 9.33. The van der Waals surface area contributed by atoms with Crippen molar-refractivity contribution in [1.29, 1.82) is 0 Å². The topological polar surface area (TPSA) is 30.5 Å². The summed E-state index contributed by atoms with van der Waals surface area (Å²) in [5.74, 6) is 0. The van der Waals surface area contributed by atoms with E-state index in [1.165, 1.54) is 5.56 Å². The Bertz CT molecular complexity index is 351. The average Bonchev–Trinajstić information content (AvgIpc) is 2.80. The van der Waals surface area contributed by atoms with Crippen LogP contribution in [0.3, 0.4) is 0 Å². The zero-order chi connectivity index (χ0) is 11.4. The fraction of sp³-hybridized carbons (Fsp3) is 0.500. The first-order valence-corrected chi connectivity index (χ1v) is 5.89. The lowest BCUT2D eigenvalue weighted by Gasteiger charge is -2.13. The molecule has 0 bridgehead atoms. The van der Waals surface area contributed by atoms with Gasteiger partial charge >= 0.3 is 0 Å². The Labute approximate surface area is 101 Å². The fourth-order valence-corrected chi connectivity index (χ4v) is 1.94. The van der Waals surface area contributed by atoms with Gasteiger partial charge in [-0.3, -0.25) is 0 Å². The molecule has 0 aromatic heterocycles. The third-order valence-electron chi connectivity index (χ3n) is 2.66. The molecule has 16 heavy (non-hydrogen) atoms. The Morgan fingerprint density at radius 1 is 1.50 bits per heavy atom. The van der Waals surface area contributed by atoms with Crippen LogP contribution in [0, 0.1) is 0 Å². The van der Waals surface area contributed by atoms with E-state index in [0.29, 0.717) is 13.4 Å². The highest BCUT2D eigenvalue weighted by atomic mass is 35.5. The summed E-state index contributed by atoms with van der Waals surface area (Å²) in [7, 11) is 0. The van der Waals surface area contributed by atoms with Crippen LogP contribution in [0.1, 0.15) is 12.5 Å². The number of ether oxygens (including phenoxy) is 2. The Balaban J connectivity index is 1.97. The molecule has 1 atom stereocenters. The van der Waals surface area contributed by atoms with Gasteiger partial charge in [-0.2, -0.15) is 0 Å². The van der Waals surface area contributed by atoms with E-state index >= 15 is 0 Å². The molecule has 0 saturated carbocycles. The second-order valence-corrected chi connectivity index (χ2v) is 4.25. The number of anilines is 1. The summed E-state index contributed by atoms with van der Waals surface area (Å²) < 4.78 is 10.5. The summed E-state index contributed by atoms with van der Waals surface area (Å²) in [4.78, 5) is 0. The summed E-state index contributed by atoms with van der Waals surface area (Å²) >= 11 is 5.95. The zero-order valence-corrected chi connectivity index (χ0v) is 10.1. The van der Waals surface area contributed by atoms with Crippen molar-refractivity contribution < 1.29 is 9.47 Å². The van der Waals surface area contributed by atoms with Crippen LogP contribution in [0.4, 0.5) is 5.69 Å². The van der Waals surface area contributed by atoms with Crippen LogP contribution < -0.4 is 5.32 Å². The molecule has 1 N–H and O–H groups in total. The van der Waals surface area contributed by atoms with Gasteiger partial charge in [0.2, 0.25) is 0 Å². The molecule has 0 spiro atoms. The van der Waals surface area contributed by atoms with Crippen LogP contribution >= 0.6 is 11.6 Å².